The number of carbonyl (C=O) groups is 1. The number of ether oxygens (including phenoxy) is 1. The van der Waals surface area contributed by atoms with Crippen molar-refractivity contribution in [2.75, 3.05) is 52.7 Å². The molecule has 29 heavy (non-hydrogen) atoms. The van der Waals surface area contributed by atoms with Crippen LogP contribution >= 0.6 is 0 Å². The van der Waals surface area contributed by atoms with Crippen LogP contribution in [0.15, 0.2) is 36.7 Å². The number of likely N-dealkylation sites (tertiary alicyclic amines) is 1. The molecule has 0 saturated carbocycles. The number of nitrogens with zero attached hydrogens (tertiary/aromatic N) is 4. The van der Waals surface area contributed by atoms with Gasteiger partial charge < -0.3 is 19.9 Å². The average Bonchev–Trinajstić information content (AvgIpc) is 2.77. The van der Waals surface area contributed by atoms with Gasteiger partial charge in [0.1, 0.15) is 5.75 Å². The number of benzene rings is 1. The molecule has 2 aromatic rings. The number of nitrogens with one attached hydrogen (secondary N) is 1. The molecule has 0 radical (unpaired) electrons. The molecule has 1 amide bonds. The summed E-state index contributed by atoms with van der Waals surface area (Å²) in [5.74, 6) is 1.92. The number of hydrogen-bond donors (Lipinski definition) is 1. The molecule has 7 heteroatoms. The van der Waals surface area contributed by atoms with Gasteiger partial charge in [-0.3, -0.25) is 4.79 Å². The van der Waals surface area contributed by atoms with Gasteiger partial charge in [0, 0.05) is 46.1 Å². The van der Waals surface area contributed by atoms with E-state index in [0.29, 0.717) is 17.4 Å². The van der Waals surface area contributed by atoms with Gasteiger partial charge in [0.2, 0.25) is 5.95 Å². The highest BCUT2D eigenvalue weighted by Gasteiger charge is 2.23. The van der Waals surface area contributed by atoms with E-state index in [1.54, 1.807) is 31.5 Å². The number of hydrogen-bond acceptors (Lipinski definition) is 6. The number of aromatic nitrogens is 2. The Morgan fingerprint density at radius 1 is 1.31 bits per heavy atom. The second kappa shape index (κ2) is 10.2. The van der Waals surface area contributed by atoms with Gasteiger partial charge in [-0.25, -0.2) is 9.97 Å². The van der Waals surface area contributed by atoms with E-state index < -0.39 is 0 Å². The maximum Gasteiger partial charge on any atom is 0.256 e. The lowest BCUT2D eigenvalue weighted by atomic mass is 9.97. The smallest absolute Gasteiger partial charge is 0.256 e. The Kier molecular flexibility index (Phi) is 7.41. The summed E-state index contributed by atoms with van der Waals surface area (Å²) in [7, 11) is 5.34. The van der Waals surface area contributed by atoms with Crippen LogP contribution in [0.2, 0.25) is 0 Å². The maximum absolute atomic E-state index is 12.7. The van der Waals surface area contributed by atoms with Gasteiger partial charge in [0.25, 0.3) is 5.91 Å². The highest BCUT2D eigenvalue weighted by Crippen LogP contribution is 2.21. The fourth-order valence-corrected chi connectivity index (χ4v) is 3.95. The predicted octanol–water partition coefficient (Wildman–Crippen LogP) is 2.55. The Morgan fingerprint density at radius 3 is 2.79 bits per heavy atom. The summed E-state index contributed by atoms with van der Waals surface area (Å²) in [5, 5.41) is 2.86. The number of piperidine rings is 1. The summed E-state index contributed by atoms with van der Waals surface area (Å²) in [4.78, 5) is 25.3. The molecular weight excluding hydrogens is 366 g/mol. The normalized spacial score (nSPS) is 17.0. The van der Waals surface area contributed by atoms with Crippen molar-refractivity contribution in [3.05, 3.63) is 47.8 Å². The number of amides is 1. The predicted molar refractivity (Wildman–Crippen MR) is 114 cm³/mol. The lowest BCUT2D eigenvalue weighted by Gasteiger charge is -2.34. The van der Waals surface area contributed by atoms with Crippen molar-refractivity contribution in [2.45, 2.75) is 19.3 Å². The van der Waals surface area contributed by atoms with Crippen LogP contribution in [0.1, 0.15) is 28.8 Å². The molecule has 0 bridgehead atoms. The largest absolute Gasteiger partial charge is 0.496 e. The van der Waals surface area contributed by atoms with Crippen LogP contribution in [0.25, 0.3) is 0 Å². The van der Waals surface area contributed by atoms with Crippen molar-refractivity contribution < 1.29 is 9.53 Å². The third-order valence-corrected chi connectivity index (χ3v) is 5.49. The minimum absolute atomic E-state index is 0.0289. The van der Waals surface area contributed by atoms with E-state index in [2.05, 4.69) is 32.3 Å². The molecule has 1 N–H and O–H groups in total. The third kappa shape index (κ3) is 5.67. The van der Waals surface area contributed by atoms with Crippen LogP contribution in [0.3, 0.4) is 0 Å². The highest BCUT2D eigenvalue weighted by molar-refractivity contribution is 5.93. The second-order valence-electron chi connectivity index (χ2n) is 7.60. The Balaban J connectivity index is 1.51. The zero-order valence-corrected chi connectivity index (χ0v) is 17.6. The molecule has 1 aromatic heterocycles. The standard InChI is InChI=1S/C22H31N5O2/c1-23-22-24-13-19(14-25-22)21(28)26(2)15-17-7-6-11-27(16-17)12-10-18-8-4-5-9-20(18)29-3/h4-5,8-9,13-14,17H,6-7,10-12,15-16H2,1-3H3,(H,23,24,25). The Bertz CT molecular complexity index is 796. The van der Waals surface area contributed by atoms with E-state index in [1.807, 2.05) is 19.2 Å². The number of rotatable bonds is 8. The molecule has 1 aliphatic heterocycles. The first-order valence-corrected chi connectivity index (χ1v) is 10.2. The molecule has 156 valence electrons. The minimum atomic E-state index is -0.0289. The van der Waals surface area contributed by atoms with Gasteiger partial charge in [-0.15, -0.1) is 0 Å². The van der Waals surface area contributed by atoms with Crippen LogP contribution in [-0.2, 0) is 6.42 Å². The first-order valence-electron chi connectivity index (χ1n) is 10.2. The lowest BCUT2D eigenvalue weighted by Crippen LogP contribution is -2.42. The monoisotopic (exact) mass is 397 g/mol. The molecular formula is C22H31N5O2. The average molecular weight is 398 g/mol. The molecule has 0 aliphatic carbocycles. The number of methoxy groups -OCH3 is 1. The molecule has 7 nitrogen and oxygen atoms in total. The molecule has 2 heterocycles. The van der Waals surface area contributed by atoms with Crippen molar-refractivity contribution in [1.29, 1.82) is 0 Å². The fraction of sp³-hybridized carbons (Fsp3) is 0.500. The molecule has 1 aromatic carbocycles. The van der Waals surface area contributed by atoms with Crippen molar-refractivity contribution in [3.8, 4) is 5.75 Å². The quantitative estimate of drug-likeness (QED) is 0.738. The summed E-state index contributed by atoms with van der Waals surface area (Å²) in [6.45, 7) is 3.89. The summed E-state index contributed by atoms with van der Waals surface area (Å²) in [6, 6.07) is 8.21. The van der Waals surface area contributed by atoms with Crippen LogP contribution in [0, 0.1) is 5.92 Å². The Hall–Kier alpha value is -2.67. The molecule has 1 atom stereocenters. The van der Waals surface area contributed by atoms with Crippen molar-refractivity contribution in [1.82, 2.24) is 19.8 Å². The molecule has 1 saturated heterocycles. The van der Waals surface area contributed by atoms with Gasteiger partial charge in [-0.2, -0.15) is 0 Å². The zero-order valence-electron chi connectivity index (χ0n) is 17.6. The van der Waals surface area contributed by atoms with E-state index in [4.69, 9.17) is 4.74 Å². The number of anilines is 1. The van der Waals surface area contributed by atoms with Gasteiger partial charge in [0.05, 0.1) is 12.7 Å². The topological polar surface area (TPSA) is 70.6 Å². The second-order valence-corrected chi connectivity index (χ2v) is 7.60. The Labute approximate surface area is 173 Å². The fourth-order valence-electron chi connectivity index (χ4n) is 3.95. The summed E-state index contributed by atoms with van der Waals surface area (Å²) in [6.07, 6.45) is 6.45. The summed E-state index contributed by atoms with van der Waals surface area (Å²) in [5.41, 5.74) is 1.77. The van der Waals surface area contributed by atoms with Gasteiger partial charge in [-0.05, 0) is 43.4 Å². The summed E-state index contributed by atoms with van der Waals surface area (Å²) < 4.78 is 5.47. The van der Waals surface area contributed by atoms with Gasteiger partial charge in [-0.1, -0.05) is 18.2 Å². The van der Waals surface area contributed by atoms with Crippen LogP contribution in [0.4, 0.5) is 5.95 Å². The minimum Gasteiger partial charge on any atom is -0.496 e. The van der Waals surface area contributed by atoms with Crippen LogP contribution in [-0.4, -0.2) is 73.1 Å². The first kappa shape index (κ1) is 21.0. The third-order valence-electron chi connectivity index (χ3n) is 5.49. The maximum atomic E-state index is 12.7. The van der Waals surface area contributed by atoms with Crippen LogP contribution in [0.5, 0.6) is 5.75 Å². The SMILES string of the molecule is CNc1ncc(C(=O)N(C)CC2CCCN(CCc3ccccc3OC)C2)cn1. The molecule has 1 aliphatic rings. The van der Waals surface area contributed by atoms with Gasteiger partial charge >= 0.3 is 0 Å². The zero-order chi connectivity index (χ0) is 20.6. The first-order chi connectivity index (χ1) is 14.1. The molecule has 1 unspecified atom stereocenters. The lowest BCUT2D eigenvalue weighted by molar-refractivity contribution is 0.0729. The van der Waals surface area contributed by atoms with Crippen molar-refractivity contribution >= 4 is 11.9 Å². The van der Waals surface area contributed by atoms with Crippen molar-refractivity contribution in [2.24, 2.45) is 5.92 Å². The van der Waals surface area contributed by atoms with E-state index in [0.717, 1.165) is 44.8 Å². The molecule has 3 rings (SSSR count). The van der Waals surface area contributed by atoms with E-state index in [-0.39, 0.29) is 5.91 Å². The molecule has 1 fully saturated rings. The van der Waals surface area contributed by atoms with Crippen LogP contribution < -0.4 is 10.1 Å². The Morgan fingerprint density at radius 2 is 2.07 bits per heavy atom. The van der Waals surface area contributed by atoms with Gasteiger partial charge in [0.15, 0.2) is 0 Å². The number of carbonyl (C=O) groups excluding carboxylic acids is 1. The van der Waals surface area contributed by atoms with Crippen molar-refractivity contribution in [3.63, 3.8) is 0 Å². The van der Waals surface area contributed by atoms with E-state index >= 15 is 0 Å². The van der Waals surface area contributed by atoms with E-state index in [9.17, 15) is 4.79 Å². The highest BCUT2D eigenvalue weighted by atomic mass is 16.5. The molecule has 0 spiro atoms. The van der Waals surface area contributed by atoms with E-state index in [1.165, 1.54) is 12.0 Å². The number of para-hydroxylation sites is 1. The summed E-state index contributed by atoms with van der Waals surface area (Å²) >= 11 is 0.